The fraction of sp³-hybridized carbons (Fsp3) is 0.565. The minimum absolute atomic E-state index is 0.0434. The predicted molar refractivity (Wildman–Crippen MR) is 118 cm³/mol. The van der Waals surface area contributed by atoms with Crippen molar-refractivity contribution in [2.24, 2.45) is 5.92 Å². The molecular weight excluding hydrogens is 398 g/mol. The van der Waals surface area contributed by atoms with Gasteiger partial charge in [0.15, 0.2) is 0 Å². The Morgan fingerprint density at radius 1 is 1.30 bits per heavy atom. The molecule has 1 saturated carbocycles. The summed E-state index contributed by atoms with van der Waals surface area (Å²) in [5.41, 5.74) is 4.97. The van der Waals surface area contributed by atoms with E-state index in [0.29, 0.717) is 30.0 Å². The molecule has 0 aromatic carbocycles. The number of allylic oxidation sites excluding steroid dienone is 3. The van der Waals surface area contributed by atoms with Crippen molar-refractivity contribution in [1.82, 2.24) is 9.88 Å². The van der Waals surface area contributed by atoms with Crippen LogP contribution in [0.5, 0.6) is 0 Å². The van der Waals surface area contributed by atoms with E-state index < -0.39 is 11.1 Å². The molecule has 1 amide bonds. The second-order valence-electron chi connectivity index (χ2n) is 8.72. The lowest BCUT2D eigenvalue weighted by molar-refractivity contribution is 0.0758. The van der Waals surface area contributed by atoms with Crippen molar-refractivity contribution in [3.63, 3.8) is 0 Å². The normalized spacial score (nSPS) is 25.0. The van der Waals surface area contributed by atoms with Crippen LogP contribution in [0.3, 0.4) is 0 Å². The van der Waals surface area contributed by atoms with E-state index in [1.165, 1.54) is 5.56 Å². The van der Waals surface area contributed by atoms with Crippen LogP contribution in [0.25, 0.3) is 0 Å². The lowest BCUT2D eigenvalue weighted by atomic mass is 9.89. The highest BCUT2D eigenvalue weighted by Gasteiger charge is 2.42. The first-order valence-corrected chi connectivity index (χ1v) is 12.3. The molecule has 0 aliphatic heterocycles. The molecule has 6 nitrogen and oxygen atoms in total. The van der Waals surface area contributed by atoms with Gasteiger partial charge in [-0.05, 0) is 67.1 Å². The number of carbonyl (C=O) groups excluding carboxylic acids is 1. The minimum Gasteiger partial charge on any atom is -0.772 e. The van der Waals surface area contributed by atoms with E-state index in [1.807, 2.05) is 6.92 Å². The van der Waals surface area contributed by atoms with Gasteiger partial charge >= 0.3 is 0 Å². The van der Waals surface area contributed by atoms with Crippen LogP contribution in [0.4, 0.5) is 5.69 Å². The molecule has 3 aliphatic rings. The highest BCUT2D eigenvalue weighted by atomic mass is 32.2. The highest BCUT2D eigenvalue weighted by Crippen LogP contribution is 2.56. The average molecular weight is 429 g/mol. The summed E-state index contributed by atoms with van der Waals surface area (Å²) < 4.78 is 22.1. The largest absolute Gasteiger partial charge is 0.772 e. The van der Waals surface area contributed by atoms with Gasteiger partial charge in [0, 0.05) is 24.5 Å². The summed E-state index contributed by atoms with van der Waals surface area (Å²) in [6, 6.07) is 0. The number of aromatic nitrogens is 1. The Kier molecular flexibility index (Phi) is 6.39. The van der Waals surface area contributed by atoms with Gasteiger partial charge in [0.25, 0.3) is 5.91 Å². The zero-order valence-corrected chi connectivity index (χ0v) is 18.5. The van der Waals surface area contributed by atoms with Gasteiger partial charge < -0.3 is 14.8 Å². The molecule has 1 aromatic rings. The summed E-state index contributed by atoms with van der Waals surface area (Å²) >= 11 is -2.16. The Hall–Kier alpha value is -1.99. The van der Waals surface area contributed by atoms with Crippen molar-refractivity contribution in [2.75, 3.05) is 24.2 Å². The van der Waals surface area contributed by atoms with Crippen LogP contribution < -0.4 is 5.32 Å². The SMILES string of the molecule is CCCN(CCS(=O)[O-])C(=O)c1ncc(NC2=CC(C)CC=C2)c2c1C1CCC2C1. The fourth-order valence-electron chi connectivity index (χ4n) is 5.17. The minimum atomic E-state index is -2.16. The van der Waals surface area contributed by atoms with Crippen LogP contribution in [0, 0.1) is 5.92 Å². The summed E-state index contributed by atoms with van der Waals surface area (Å²) in [5.74, 6) is 1.18. The Bertz CT molecular complexity index is 911. The van der Waals surface area contributed by atoms with Crippen molar-refractivity contribution in [3.05, 3.63) is 46.9 Å². The summed E-state index contributed by atoms with van der Waals surface area (Å²) in [6.07, 6.45) is 13.5. The van der Waals surface area contributed by atoms with E-state index >= 15 is 0 Å². The standard InChI is InChI=1S/C23H31N3O3S/c1-3-9-26(10-11-30(28)29)23(27)22-21-17-8-7-16(13-17)20(21)19(14-24-22)25-18-6-4-5-15(2)12-18/h4,6,12,14-17,25H,3,5,7-11,13H2,1-2H3,(H,28,29)/p-1. The molecule has 0 saturated heterocycles. The number of nitrogens with one attached hydrogen (secondary N) is 1. The van der Waals surface area contributed by atoms with Crippen LogP contribution in [0.1, 0.15) is 79.4 Å². The molecule has 1 fully saturated rings. The van der Waals surface area contributed by atoms with Gasteiger partial charge in [-0.2, -0.15) is 0 Å². The molecule has 30 heavy (non-hydrogen) atoms. The van der Waals surface area contributed by atoms with Crippen LogP contribution in [-0.2, 0) is 11.1 Å². The van der Waals surface area contributed by atoms with Crippen molar-refractivity contribution < 1.29 is 13.6 Å². The molecule has 7 heteroatoms. The molecule has 0 radical (unpaired) electrons. The van der Waals surface area contributed by atoms with Crippen molar-refractivity contribution in [2.45, 2.75) is 57.8 Å². The topological polar surface area (TPSA) is 85.4 Å². The van der Waals surface area contributed by atoms with Crippen LogP contribution in [0.15, 0.2) is 30.1 Å². The first-order chi connectivity index (χ1) is 14.5. The summed E-state index contributed by atoms with van der Waals surface area (Å²) in [6.45, 7) is 4.95. The van der Waals surface area contributed by atoms with E-state index in [-0.39, 0.29) is 18.2 Å². The van der Waals surface area contributed by atoms with Gasteiger partial charge in [0.1, 0.15) is 5.69 Å². The van der Waals surface area contributed by atoms with Gasteiger partial charge in [-0.25, -0.2) is 4.98 Å². The van der Waals surface area contributed by atoms with Gasteiger partial charge in [0.2, 0.25) is 0 Å². The molecule has 3 aliphatic carbocycles. The summed E-state index contributed by atoms with van der Waals surface area (Å²) in [4.78, 5) is 19.6. The molecule has 4 atom stereocenters. The maximum Gasteiger partial charge on any atom is 0.272 e. The number of hydrogen-bond donors (Lipinski definition) is 1. The van der Waals surface area contributed by atoms with E-state index in [9.17, 15) is 13.6 Å². The first kappa shape index (κ1) is 21.2. The van der Waals surface area contributed by atoms with Gasteiger partial charge in [-0.3, -0.25) is 9.00 Å². The zero-order valence-electron chi connectivity index (χ0n) is 17.7. The molecule has 4 rings (SSSR count). The maximum absolute atomic E-state index is 13.3. The molecule has 1 aromatic heterocycles. The monoisotopic (exact) mass is 428 g/mol. The maximum atomic E-state index is 13.3. The summed E-state index contributed by atoms with van der Waals surface area (Å²) in [5, 5.41) is 3.56. The molecule has 2 bridgehead atoms. The predicted octanol–water partition coefficient (Wildman–Crippen LogP) is 4.07. The van der Waals surface area contributed by atoms with E-state index in [4.69, 9.17) is 0 Å². The number of pyridine rings is 1. The van der Waals surface area contributed by atoms with E-state index in [0.717, 1.165) is 49.1 Å². The van der Waals surface area contributed by atoms with E-state index in [2.05, 4.69) is 35.5 Å². The Morgan fingerprint density at radius 3 is 2.77 bits per heavy atom. The molecular formula is C23H30N3O3S-. The number of amides is 1. The molecule has 4 unspecified atom stereocenters. The number of carbonyl (C=O) groups is 1. The van der Waals surface area contributed by atoms with Crippen molar-refractivity contribution in [1.29, 1.82) is 0 Å². The van der Waals surface area contributed by atoms with E-state index in [1.54, 1.807) is 11.1 Å². The average Bonchev–Trinajstić information content (AvgIpc) is 3.33. The second kappa shape index (κ2) is 9.02. The molecule has 162 valence electrons. The smallest absolute Gasteiger partial charge is 0.272 e. The third kappa shape index (κ3) is 4.23. The Labute approximate surface area is 181 Å². The van der Waals surface area contributed by atoms with Gasteiger partial charge in [-0.15, -0.1) is 0 Å². The molecule has 1 heterocycles. The Balaban J connectivity index is 1.66. The third-order valence-electron chi connectivity index (χ3n) is 6.47. The third-order valence-corrected chi connectivity index (χ3v) is 6.98. The van der Waals surface area contributed by atoms with Crippen LogP contribution in [-0.4, -0.2) is 43.4 Å². The highest BCUT2D eigenvalue weighted by molar-refractivity contribution is 7.79. The number of anilines is 1. The van der Waals surface area contributed by atoms with Crippen LogP contribution in [0.2, 0.25) is 0 Å². The molecule has 0 spiro atoms. The van der Waals surface area contributed by atoms with Crippen molar-refractivity contribution in [3.8, 4) is 0 Å². The number of fused-ring (bicyclic) bond motifs is 5. The number of rotatable bonds is 8. The second-order valence-corrected chi connectivity index (χ2v) is 9.73. The first-order valence-electron chi connectivity index (χ1n) is 11.0. The summed E-state index contributed by atoms with van der Waals surface area (Å²) in [7, 11) is 0. The lowest BCUT2D eigenvalue weighted by Crippen LogP contribution is -2.36. The number of hydrogen-bond acceptors (Lipinski definition) is 5. The number of nitrogens with zero attached hydrogens (tertiary/aromatic N) is 2. The fourth-order valence-corrected chi connectivity index (χ4v) is 5.54. The van der Waals surface area contributed by atoms with Gasteiger partial charge in [0.05, 0.1) is 11.9 Å². The molecule has 1 N–H and O–H groups in total. The van der Waals surface area contributed by atoms with Crippen LogP contribution >= 0.6 is 0 Å². The van der Waals surface area contributed by atoms with Gasteiger partial charge in [-0.1, -0.05) is 37.1 Å². The Morgan fingerprint density at radius 2 is 2.07 bits per heavy atom. The zero-order chi connectivity index (χ0) is 21.3. The quantitative estimate of drug-likeness (QED) is 0.631. The lowest BCUT2D eigenvalue weighted by Gasteiger charge is -2.27. The van der Waals surface area contributed by atoms with Crippen molar-refractivity contribution >= 4 is 22.7 Å².